The molecular weight excluding hydrogens is 358 g/mol. The van der Waals surface area contributed by atoms with E-state index in [1.165, 1.54) is 0 Å². The van der Waals surface area contributed by atoms with Gasteiger partial charge in [0.05, 0.1) is 11.1 Å². The normalized spacial score (nSPS) is 10.5. The first-order chi connectivity index (χ1) is 11.2. The van der Waals surface area contributed by atoms with E-state index >= 15 is 0 Å². The average Bonchev–Trinajstić information content (AvgIpc) is 2.58. The highest BCUT2D eigenvalue weighted by Gasteiger charge is 2.17. The SMILES string of the molecule is CCOc1ncccc1C(=O)Oc1ccc2ccccc2c1Br. The highest BCUT2D eigenvalue weighted by Crippen LogP contribution is 2.33. The second-order valence-electron chi connectivity index (χ2n) is 4.78. The highest BCUT2D eigenvalue weighted by atomic mass is 79.9. The van der Waals surface area contributed by atoms with E-state index in [0.717, 1.165) is 15.2 Å². The van der Waals surface area contributed by atoms with E-state index in [9.17, 15) is 4.79 Å². The van der Waals surface area contributed by atoms with Gasteiger partial charge in [-0.1, -0.05) is 30.3 Å². The van der Waals surface area contributed by atoms with Crippen LogP contribution in [0, 0.1) is 0 Å². The number of benzene rings is 2. The Labute approximate surface area is 142 Å². The molecule has 0 atom stereocenters. The Morgan fingerprint density at radius 2 is 1.96 bits per heavy atom. The van der Waals surface area contributed by atoms with Gasteiger partial charge in [0.2, 0.25) is 5.88 Å². The summed E-state index contributed by atoms with van der Waals surface area (Å²) in [6, 6.07) is 14.9. The van der Waals surface area contributed by atoms with E-state index < -0.39 is 5.97 Å². The van der Waals surface area contributed by atoms with Gasteiger partial charge in [-0.25, -0.2) is 9.78 Å². The van der Waals surface area contributed by atoms with Crippen molar-refractivity contribution >= 4 is 32.7 Å². The van der Waals surface area contributed by atoms with Gasteiger partial charge in [0.15, 0.2) is 0 Å². The first kappa shape index (κ1) is 15.5. The van der Waals surface area contributed by atoms with Crippen molar-refractivity contribution in [1.82, 2.24) is 4.98 Å². The van der Waals surface area contributed by atoms with Crippen LogP contribution < -0.4 is 9.47 Å². The summed E-state index contributed by atoms with van der Waals surface area (Å²) in [5.74, 6) is 0.231. The minimum atomic E-state index is -0.502. The lowest BCUT2D eigenvalue weighted by Crippen LogP contribution is -2.12. The topological polar surface area (TPSA) is 48.4 Å². The lowest BCUT2D eigenvalue weighted by molar-refractivity contribution is 0.0728. The summed E-state index contributed by atoms with van der Waals surface area (Å²) in [5.41, 5.74) is 0.300. The van der Waals surface area contributed by atoms with E-state index in [-0.39, 0.29) is 5.88 Å². The van der Waals surface area contributed by atoms with Gasteiger partial charge in [-0.3, -0.25) is 0 Å². The van der Waals surface area contributed by atoms with Gasteiger partial charge in [-0.15, -0.1) is 0 Å². The molecule has 0 aliphatic rings. The van der Waals surface area contributed by atoms with E-state index in [4.69, 9.17) is 9.47 Å². The summed E-state index contributed by atoms with van der Waals surface area (Å²) >= 11 is 3.51. The van der Waals surface area contributed by atoms with Gasteiger partial charge in [0.1, 0.15) is 11.3 Å². The second kappa shape index (κ2) is 6.79. The number of ether oxygens (including phenoxy) is 2. The predicted molar refractivity (Wildman–Crippen MR) is 92.0 cm³/mol. The average molecular weight is 372 g/mol. The molecule has 4 nitrogen and oxygen atoms in total. The van der Waals surface area contributed by atoms with Crippen molar-refractivity contribution in [1.29, 1.82) is 0 Å². The number of carbonyl (C=O) groups excluding carboxylic acids is 1. The maximum absolute atomic E-state index is 12.4. The van der Waals surface area contributed by atoms with E-state index in [1.807, 2.05) is 37.3 Å². The Balaban J connectivity index is 1.93. The molecule has 0 saturated heterocycles. The Kier molecular flexibility index (Phi) is 4.57. The summed E-state index contributed by atoms with van der Waals surface area (Å²) in [6.07, 6.45) is 1.58. The molecule has 0 fully saturated rings. The summed E-state index contributed by atoms with van der Waals surface area (Å²) in [7, 11) is 0. The minimum absolute atomic E-state index is 0.275. The van der Waals surface area contributed by atoms with Crippen molar-refractivity contribution in [3.05, 3.63) is 64.8 Å². The number of carbonyl (C=O) groups is 1. The molecule has 1 aromatic heterocycles. The van der Waals surface area contributed by atoms with Crippen LogP contribution >= 0.6 is 15.9 Å². The molecule has 3 aromatic rings. The molecular formula is C18H14BrNO3. The molecule has 0 saturated carbocycles. The maximum atomic E-state index is 12.4. The van der Waals surface area contributed by atoms with Gasteiger partial charge in [0, 0.05) is 6.20 Å². The Morgan fingerprint density at radius 3 is 2.78 bits per heavy atom. The molecule has 0 unspecified atom stereocenters. The first-order valence-corrected chi connectivity index (χ1v) is 7.97. The number of fused-ring (bicyclic) bond motifs is 1. The molecule has 1 heterocycles. The second-order valence-corrected chi connectivity index (χ2v) is 5.57. The van der Waals surface area contributed by atoms with E-state index in [1.54, 1.807) is 24.4 Å². The number of halogens is 1. The molecule has 3 rings (SSSR count). The fraction of sp³-hybridized carbons (Fsp3) is 0.111. The van der Waals surface area contributed by atoms with Crippen LogP contribution in [0.2, 0.25) is 0 Å². The van der Waals surface area contributed by atoms with Gasteiger partial charge >= 0.3 is 5.97 Å². The molecule has 0 amide bonds. The summed E-state index contributed by atoms with van der Waals surface area (Å²) in [5, 5.41) is 2.05. The fourth-order valence-corrected chi connectivity index (χ4v) is 2.82. The Bertz CT molecular complexity index is 864. The number of nitrogens with zero attached hydrogens (tertiary/aromatic N) is 1. The molecule has 0 N–H and O–H groups in total. The lowest BCUT2D eigenvalue weighted by atomic mass is 10.1. The van der Waals surface area contributed by atoms with Crippen LogP contribution in [0.5, 0.6) is 11.6 Å². The molecule has 2 aromatic carbocycles. The van der Waals surface area contributed by atoms with E-state index in [0.29, 0.717) is 17.9 Å². The Hall–Kier alpha value is -2.40. The quantitative estimate of drug-likeness (QED) is 0.496. The van der Waals surface area contributed by atoms with Crippen molar-refractivity contribution in [3.63, 3.8) is 0 Å². The zero-order chi connectivity index (χ0) is 16.2. The number of rotatable bonds is 4. The Morgan fingerprint density at radius 1 is 1.13 bits per heavy atom. The van der Waals surface area contributed by atoms with Crippen molar-refractivity contribution in [2.24, 2.45) is 0 Å². The maximum Gasteiger partial charge on any atom is 0.349 e. The highest BCUT2D eigenvalue weighted by molar-refractivity contribution is 9.10. The molecule has 0 aliphatic carbocycles. The van der Waals surface area contributed by atoms with Crippen LogP contribution in [0.15, 0.2) is 59.2 Å². The van der Waals surface area contributed by atoms with Gasteiger partial charge in [-0.05, 0) is 51.8 Å². The van der Waals surface area contributed by atoms with Crippen LogP contribution in [0.25, 0.3) is 10.8 Å². The summed E-state index contributed by atoms with van der Waals surface area (Å²) in [4.78, 5) is 16.5. The third kappa shape index (κ3) is 3.19. The van der Waals surface area contributed by atoms with Crippen LogP contribution in [-0.4, -0.2) is 17.6 Å². The standard InChI is InChI=1S/C18H14BrNO3/c1-2-22-17-14(8-5-11-20-17)18(21)23-15-10-9-12-6-3-4-7-13(12)16(15)19/h3-11H,2H2,1H3. The van der Waals surface area contributed by atoms with Gasteiger partial charge in [-0.2, -0.15) is 0 Å². The number of esters is 1. The molecule has 0 spiro atoms. The molecule has 5 heteroatoms. The third-order valence-corrected chi connectivity index (χ3v) is 4.12. The number of aromatic nitrogens is 1. The van der Waals surface area contributed by atoms with Crippen molar-refractivity contribution in [3.8, 4) is 11.6 Å². The minimum Gasteiger partial charge on any atom is -0.477 e. The van der Waals surface area contributed by atoms with Crippen molar-refractivity contribution in [2.75, 3.05) is 6.61 Å². The van der Waals surface area contributed by atoms with Crippen molar-refractivity contribution in [2.45, 2.75) is 6.92 Å². The summed E-state index contributed by atoms with van der Waals surface area (Å²) < 4.78 is 11.6. The lowest BCUT2D eigenvalue weighted by Gasteiger charge is -2.11. The zero-order valence-electron chi connectivity index (χ0n) is 12.5. The molecule has 0 aliphatic heterocycles. The smallest absolute Gasteiger partial charge is 0.349 e. The summed E-state index contributed by atoms with van der Waals surface area (Å²) in [6.45, 7) is 2.26. The van der Waals surface area contributed by atoms with Gasteiger partial charge in [0.25, 0.3) is 0 Å². The van der Waals surface area contributed by atoms with Crippen molar-refractivity contribution < 1.29 is 14.3 Å². The van der Waals surface area contributed by atoms with Crippen LogP contribution in [0.1, 0.15) is 17.3 Å². The number of hydrogen-bond donors (Lipinski definition) is 0. The molecule has 116 valence electrons. The number of hydrogen-bond acceptors (Lipinski definition) is 4. The zero-order valence-corrected chi connectivity index (χ0v) is 14.0. The van der Waals surface area contributed by atoms with Crippen LogP contribution in [-0.2, 0) is 0 Å². The fourth-order valence-electron chi connectivity index (χ4n) is 2.25. The molecule has 0 radical (unpaired) electrons. The predicted octanol–water partition coefficient (Wildman–Crippen LogP) is 4.62. The van der Waals surface area contributed by atoms with Crippen LogP contribution in [0.3, 0.4) is 0 Å². The monoisotopic (exact) mass is 371 g/mol. The first-order valence-electron chi connectivity index (χ1n) is 7.18. The molecule has 0 bridgehead atoms. The van der Waals surface area contributed by atoms with E-state index in [2.05, 4.69) is 20.9 Å². The van der Waals surface area contributed by atoms with Gasteiger partial charge < -0.3 is 9.47 Å². The molecule has 23 heavy (non-hydrogen) atoms. The van der Waals surface area contributed by atoms with Crippen LogP contribution in [0.4, 0.5) is 0 Å². The third-order valence-electron chi connectivity index (χ3n) is 3.30. The number of pyridine rings is 1. The largest absolute Gasteiger partial charge is 0.477 e.